The van der Waals surface area contributed by atoms with Gasteiger partial charge in [0.05, 0.1) is 16.8 Å². The molecule has 0 aliphatic carbocycles. The highest BCUT2D eigenvalue weighted by molar-refractivity contribution is 6.16. The SMILES string of the molecule is CCC(CC)(CC)n1c(CCl)nc2ccccc2c1=O. The van der Waals surface area contributed by atoms with Crippen molar-refractivity contribution in [3.05, 3.63) is 40.4 Å². The van der Waals surface area contributed by atoms with Gasteiger partial charge in [0, 0.05) is 5.54 Å². The van der Waals surface area contributed by atoms with Crippen LogP contribution in [0.1, 0.15) is 45.9 Å². The lowest BCUT2D eigenvalue weighted by Crippen LogP contribution is -2.42. The van der Waals surface area contributed by atoms with E-state index in [1.165, 1.54) is 0 Å². The molecule has 0 aliphatic heterocycles. The summed E-state index contributed by atoms with van der Waals surface area (Å²) in [7, 11) is 0. The van der Waals surface area contributed by atoms with Gasteiger partial charge in [0.2, 0.25) is 0 Å². The Hall–Kier alpha value is -1.35. The monoisotopic (exact) mass is 292 g/mol. The van der Waals surface area contributed by atoms with Gasteiger partial charge in [0.1, 0.15) is 5.82 Å². The van der Waals surface area contributed by atoms with Crippen molar-refractivity contribution >= 4 is 22.5 Å². The van der Waals surface area contributed by atoms with E-state index >= 15 is 0 Å². The van der Waals surface area contributed by atoms with E-state index in [0.29, 0.717) is 11.2 Å². The molecule has 0 saturated carbocycles. The number of aromatic nitrogens is 2. The van der Waals surface area contributed by atoms with Gasteiger partial charge >= 0.3 is 0 Å². The van der Waals surface area contributed by atoms with Crippen molar-refractivity contribution in [1.82, 2.24) is 9.55 Å². The predicted octanol–water partition coefficient (Wildman–Crippen LogP) is 4.06. The highest BCUT2D eigenvalue weighted by Gasteiger charge is 2.30. The Balaban J connectivity index is 2.87. The number of fused-ring (bicyclic) bond motifs is 1. The Labute approximate surface area is 124 Å². The number of hydrogen-bond acceptors (Lipinski definition) is 2. The standard InChI is InChI=1S/C16H21ClN2O/c1-4-16(5-2,6-3)19-14(11-17)18-13-10-8-7-9-12(13)15(19)20/h7-10H,4-6,11H2,1-3H3. The largest absolute Gasteiger partial charge is 0.289 e. The average Bonchev–Trinajstić information content (AvgIpc) is 2.51. The third-order valence-electron chi connectivity index (χ3n) is 4.41. The highest BCUT2D eigenvalue weighted by Crippen LogP contribution is 2.29. The van der Waals surface area contributed by atoms with Gasteiger partial charge in [0.25, 0.3) is 5.56 Å². The van der Waals surface area contributed by atoms with Crippen LogP contribution in [0.5, 0.6) is 0 Å². The second-order valence-electron chi connectivity index (χ2n) is 5.10. The van der Waals surface area contributed by atoms with Crippen LogP contribution >= 0.6 is 11.6 Å². The van der Waals surface area contributed by atoms with E-state index in [-0.39, 0.29) is 17.0 Å². The molecular formula is C16H21ClN2O. The molecule has 0 atom stereocenters. The highest BCUT2D eigenvalue weighted by atomic mass is 35.5. The van der Waals surface area contributed by atoms with Crippen LogP contribution in [0.4, 0.5) is 0 Å². The van der Waals surface area contributed by atoms with Crippen molar-refractivity contribution in [2.45, 2.75) is 51.5 Å². The zero-order chi connectivity index (χ0) is 14.8. The number of hydrogen-bond donors (Lipinski definition) is 0. The molecular weight excluding hydrogens is 272 g/mol. The minimum Gasteiger partial charge on any atom is -0.289 e. The molecule has 0 fully saturated rings. The summed E-state index contributed by atoms with van der Waals surface area (Å²) >= 11 is 6.06. The Morgan fingerprint density at radius 1 is 1.15 bits per heavy atom. The van der Waals surface area contributed by atoms with E-state index in [9.17, 15) is 4.79 Å². The fourth-order valence-electron chi connectivity index (χ4n) is 2.98. The molecule has 20 heavy (non-hydrogen) atoms. The first-order chi connectivity index (χ1) is 9.63. The Morgan fingerprint density at radius 2 is 1.75 bits per heavy atom. The first-order valence-electron chi connectivity index (χ1n) is 7.20. The van der Waals surface area contributed by atoms with Crippen LogP contribution in [-0.2, 0) is 11.4 Å². The number of nitrogens with zero attached hydrogens (tertiary/aromatic N) is 2. The van der Waals surface area contributed by atoms with Gasteiger partial charge in [-0.1, -0.05) is 32.9 Å². The lowest BCUT2D eigenvalue weighted by atomic mass is 9.89. The van der Waals surface area contributed by atoms with Crippen molar-refractivity contribution in [3.63, 3.8) is 0 Å². The molecule has 0 amide bonds. The van der Waals surface area contributed by atoms with Crippen LogP contribution in [0, 0.1) is 0 Å². The van der Waals surface area contributed by atoms with Gasteiger partial charge < -0.3 is 0 Å². The van der Waals surface area contributed by atoms with Crippen molar-refractivity contribution in [2.24, 2.45) is 0 Å². The summed E-state index contributed by atoms with van der Waals surface area (Å²) in [6.45, 7) is 6.35. The first-order valence-corrected chi connectivity index (χ1v) is 7.74. The maximum Gasteiger partial charge on any atom is 0.261 e. The molecule has 4 heteroatoms. The Morgan fingerprint density at radius 3 is 2.30 bits per heavy atom. The normalized spacial score (nSPS) is 12.0. The topological polar surface area (TPSA) is 34.9 Å². The summed E-state index contributed by atoms with van der Waals surface area (Å²) in [4.78, 5) is 17.5. The van der Waals surface area contributed by atoms with E-state index < -0.39 is 0 Å². The Bertz CT molecular complexity index is 651. The quantitative estimate of drug-likeness (QED) is 0.779. The fraction of sp³-hybridized carbons (Fsp3) is 0.500. The number of benzene rings is 1. The molecule has 0 aliphatic rings. The molecule has 0 N–H and O–H groups in total. The van der Waals surface area contributed by atoms with Gasteiger partial charge in [-0.2, -0.15) is 0 Å². The van der Waals surface area contributed by atoms with Crippen LogP contribution < -0.4 is 5.56 Å². The smallest absolute Gasteiger partial charge is 0.261 e. The van der Waals surface area contributed by atoms with Gasteiger partial charge in [-0.05, 0) is 31.4 Å². The average molecular weight is 293 g/mol. The summed E-state index contributed by atoms with van der Waals surface area (Å²) in [5, 5.41) is 0.668. The number of rotatable bonds is 5. The molecule has 108 valence electrons. The van der Waals surface area contributed by atoms with E-state index in [2.05, 4.69) is 25.8 Å². The van der Waals surface area contributed by atoms with E-state index in [1.807, 2.05) is 28.8 Å². The lowest BCUT2D eigenvalue weighted by Gasteiger charge is -2.34. The molecule has 3 nitrogen and oxygen atoms in total. The second-order valence-corrected chi connectivity index (χ2v) is 5.37. The van der Waals surface area contributed by atoms with Crippen LogP contribution in [-0.4, -0.2) is 9.55 Å². The van der Waals surface area contributed by atoms with Crippen LogP contribution in [0.2, 0.25) is 0 Å². The molecule has 0 spiro atoms. The van der Waals surface area contributed by atoms with Crippen molar-refractivity contribution in [3.8, 4) is 0 Å². The van der Waals surface area contributed by atoms with Crippen LogP contribution in [0.3, 0.4) is 0 Å². The zero-order valence-corrected chi connectivity index (χ0v) is 13.1. The van der Waals surface area contributed by atoms with Gasteiger partial charge in [0.15, 0.2) is 0 Å². The molecule has 0 bridgehead atoms. The molecule has 0 unspecified atom stereocenters. The number of halogens is 1. The Kier molecular flexibility index (Phi) is 4.48. The van der Waals surface area contributed by atoms with E-state index in [1.54, 1.807) is 0 Å². The molecule has 1 heterocycles. The predicted molar refractivity (Wildman–Crippen MR) is 84.4 cm³/mol. The summed E-state index contributed by atoms with van der Waals surface area (Å²) < 4.78 is 1.84. The minimum atomic E-state index is -0.196. The third kappa shape index (κ3) is 2.24. The summed E-state index contributed by atoms with van der Waals surface area (Å²) in [5.41, 5.74) is 0.552. The maximum absolute atomic E-state index is 12.9. The lowest BCUT2D eigenvalue weighted by molar-refractivity contribution is 0.236. The van der Waals surface area contributed by atoms with Crippen molar-refractivity contribution in [1.29, 1.82) is 0 Å². The third-order valence-corrected chi connectivity index (χ3v) is 4.65. The van der Waals surface area contributed by atoms with Crippen molar-refractivity contribution < 1.29 is 0 Å². The molecule has 2 rings (SSSR count). The van der Waals surface area contributed by atoms with E-state index in [4.69, 9.17) is 11.6 Å². The number of alkyl halides is 1. The maximum atomic E-state index is 12.9. The molecule has 1 aromatic carbocycles. The van der Waals surface area contributed by atoms with Gasteiger partial charge in [-0.15, -0.1) is 11.6 Å². The molecule has 0 saturated heterocycles. The zero-order valence-electron chi connectivity index (χ0n) is 12.3. The van der Waals surface area contributed by atoms with Crippen LogP contribution in [0.25, 0.3) is 10.9 Å². The summed E-state index contributed by atoms with van der Waals surface area (Å²) in [6, 6.07) is 7.47. The summed E-state index contributed by atoms with van der Waals surface area (Å²) in [5.74, 6) is 0.919. The molecule has 1 aromatic heterocycles. The fourth-order valence-corrected chi connectivity index (χ4v) is 3.16. The molecule has 0 radical (unpaired) electrons. The minimum absolute atomic E-state index is 0.0248. The second kappa shape index (κ2) is 5.96. The van der Waals surface area contributed by atoms with Gasteiger partial charge in [-0.3, -0.25) is 9.36 Å². The van der Waals surface area contributed by atoms with Crippen LogP contribution in [0.15, 0.2) is 29.1 Å². The van der Waals surface area contributed by atoms with Crippen molar-refractivity contribution in [2.75, 3.05) is 0 Å². The number of para-hydroxylation sites is 1. The van der Waals surface area contributed by atoms with E-state index in [0.717, 1.165) is 24.8 Å². The summed E-state index contributed by atoms with van der Waals surface area (Å²) in [6.07, 6.45) is 2.68. The van der Waals surface area contributed by atoms with Gasteiger partial charge in [-0.25, -0.2) is 4.98 Å². The first kappa shape index (κ1) is 15.0. The molecule has 2 aromatic rings.